The molecule has 0 radical (unpaired) electrons. The zero-order chi connectivity index (χ0) is 11.8. The zero-order valence-electron chi connectivity index (χ0n) is 10.4. The van der Waals surface area contributed by atoms with E-state index in [1.54, 1.807) is 0 Å². The van der Waals surface area contributed by atoms with Crippen molar-refractivity contribution in [2.24, 2.45) is 7.05 Å². The second-order valence-electron chi connectivity index (χ2n) is 5.27. The molecule has 1 aliphatic heterocycles. The predicted octanol–water partition coefficient (Wildman–Crippen LogP) is 2.08. The first-order valence-electron chi connectivity index (χ1n) is 5.90. The van der Waals surface area contributed by atoms with Crippen LogP contribution in [0.25, 0.3) is 0 Å². The summed E-state index contributed by atoms with van der Waals surface area (Å²) >= 11 is 0. The lowest BCUT2D eigenvalue weighted by atomic mass is 10.0. The van der Waals surface area contributed by atoms with Gasteiger partial charge in [0.2, 0.25) is 0 Å². The van der Waals surface area contributed by atoms with Gasteiger partial charge in [0.15, 0.2) is 5.78 Å². The molecule has 3 heteroatoms. The van der Waals surface area contributed by atoms with E-state index in [9.17, 15) is 4.79 Å². The second kappa shape index (κ2) is 4.06. The van der Waals surface area contributed by atoms with E-state index in [2.05, 4.69) is 18.7 Å². The number of nitrogens with zero attached hydrogens (tertiary/aromatic N) is 2. The molecule has 0 unspecified atom stereocenters. The lowest BCUT2D eigenvalue weighted by Crippen LogP contribution is -2.41. The molecule has 0 spiro atoms. The van der Waals surface area contributed by atoms with Crippen molar-refractivity contribution in [3.05, 3.63) is 24.0 Å². The molecular weight excluding hydrogens is 200 g/mol. The van der Waals surface area contributed by atoms with E-state index in [-0.39, 0.29) is 11.3 Å². The van der Waals surface area contributed by atoms with Crippen LogP contribution in [0, 0.1) is 0 Å². The van der Waals surface area contributed by atoms with Crippen molar-refractivity contribution < 1.29 is 4.79 Å². The third-order valence-corrected chi connectivity index (χ3v) is 3.64. The van der Waals surface area contributed by atoms with Crippen molar-refractivity contribution in [3.63, 3.8) is 0 Å². The summed E-state index contributed by atoms with van der Waals surface area (Å²) in [6.07, 6.45) is 4.31. The van der Waals surface area contributed by atoms with E-state index >= 15 is 0 Å². The lowest BCUT2D eigenvalue weighted by molar-refractivity contribution is 0.0863. The highest BCUT2D eigenvalue weighted by Crippen LogP contribution is 2.27. The Bertz CT molecular complexity index is 392. The molecule has 0 aromatic carbocycles. The largest absolute Gasteiger partial charge is 0.348 e. The van der Waals surface area contributed by atoms with Crippen molar-refractivity contribution >= 4 is 5.78 Å². The van der Waals surface area contributed by atoms with Crippen LogP contribution < -0.4 is 0 Å². The fourth-order valence-electron chi connectivity index (χ4n) is 2.46. The Morgan fingerprint density at radius 3 is 2.75 bits per heavy atom. The van der Waals surface area contributed by atoms with Gasteiger partial charge in [-0.05, 0) is 45.4 Å². The van der Waals surface area contributed by atoms with Gasteiger partial charge >= 0.3 is 0 Å². The zero-order valence-corrected chi connectivity index (χ0v) is 10.4. The number of aryl methyl sites for hydroxylation is 1. The Labute approximate surface area is 97.1 Å². The third kappa shape index (κ3) is 2.05. The van der Waals surface area contributed by atoms with E-state index in [1.165, 1.54) is 12.8 Å². The van der Waals surface area contributed by atoms with Gasteiger partial charge in [0, 0.05) is 18.8 Å². The van der Waals surface area contributed by atoms with Crippen molar-refractivity contribution in [3.8, 4) is 0 Å². The topological polar surface area (TPSA) is 25.2 Å². The van der Waals surface area contributed by atoms with Gasteiger partial charge in [-0.25, -0.2) is 0 Å². The van der Waals surface area contributed by atoms with Gasteiger partial charge < -0.3 is 4.57 Å². The summed E-state index contributed by atoms with van der Waals surface area (Å²) in [5.74, 6) is 0.225. The SMILES string of the molecule is Cn1cccc1C(=O)CN1CCCC1(C)C. The molecule has 2 rings (SSSR count). The van der Waals surface area contributed by atoms with Crippen LogP contribution in [0.2, 0.25) is 0 Å². The molecule has 1 aromatic rings. The molecule has 0 saturated carbocycles. The quantitative estimate of drug-likeness (QED) is 0.729. The first kappa shape index (κ1) is 11.4. The van der Waals surface area contributed by atoms with Crippen molar-refractivity contribution in [2.75, 3.05) is 13.1 Å². The number of Topliss-reactive ketones (excluding diaryl/α,β-unsaturated/α-hetero) is 1. The average Bonchev–Trinajstić information content (AvgIpc) is 2.74. The van der Waals surface area contributed by atoms with Crippen molar-refractivity contribution in [1.82, 2.24) is 9.47 Å². The summed E-state index contributed by atoms with van der Waals surface area (Å²) in [5, 5.41) is 0. The van der Waals surface area contributed by atoms with E-state index in [0.717, 1.165) is 12.2 Å². The molecule has 0 bridgehead atoms. The molecule has 88 valence electrons. The molecule has 1 fully saturated rings. The van der Waals surface area contributed by atoms with Gasteiger partial charge in [-0.2, -0.15) is 0 Å². The summed E-state index contributed by atoms with van der Waals surface area (Å²) in [5.41, 5.74) is 0.989. The molecule has 1 saturated heterocycles. The van der Waals surface area contributed by atoms with Gasteiger partial charge in [0.05, 0.1) is 12.2 Å². The number of ketones is 1. The van der Waals surface area contributed by atoms with Crippen LogP contribution >= 0.6 is 0 Å². The van der Waals surface area contributed by atoms with Gasteiger partial charge in [-0.3, -0.25) is 9.69 Å². The number of carbonyl (C=O) groups is 1. The van der Waals surface area contributed by atoms with Crippen LogP contribution in [0.3, 0.4) is 0 Å². The highest BCUT2D eigenvalue weighted by atomic mass is 16.1. The minimum absolute atomic E-state index is 0.181. The Morgan fingerprint density at radius 2 is 2.25 bits per heavy atom. The molecule has 16 heavy (non-hydrogen) atoms. The first-order valence-corrected chi connectivity index (χ1v) is 5.90. The Hall–Kier alpha value is -1.09. The maximum absolute atomic E-state index is 12.1. The fraction of sp³-hybridized carbons (Fsp3) is 0.615. The summed E-state index contributed by atoms with van der Waals surface area (Å²) in [6.45, 7) is 6.03. The van der Waals surface area contributed by atoms with Crippen molar-refractivity contribution in [2.45, 2.75) is 32.2 Å². The molecule has 2 heterocycles. The van der Waals surface area contributed by atoms with Crippen LogP contribution in [0.4, 0.5) is 0 Å². The molecule has 1 aromatic heterocycles. The number of likely N-dealkylation sites (tertiary alicyclic amines) is 1. The van der Waals surface area contributed by atoms with E-state index in [1.807, 2.05) is 29.9 Å². The second-order valence-corrected chi connectivity index (χ2v) is 5.27. The number of aromatic nitrogens is 1. The lowest BCUT2D eigenvalue weighted by Gasteiger charge is -2.30. The average molecular weight is 220 g/mol. The van der Waals surface area contributed by atoms with Gasteiger partial charge in [0.1, 0.15) is 0 Å². The molecule has 1 aliphatic rings. The molecule has 0 atom stereocenters. The minimum atomic E-state index is 0.181. The summed E-state index contributed by atoms with van der Waals surface area (Å²) in [4.78, 5) is 14.4. The monoisotopic (exact) mass is 220 g/mol. The standard InChI is InChI=1S/C13H20N2O/c1-13(2)7-5-9-15(13)10-12(16)11-6-4-8-14(11)3/h4,6,8H,5,7,9-10H2,1-3H3. The molecule has 0 aliphatic carbocycles. The van der Waals surface area contributed by atoms with E-state index in [0.29, 0.717) is 6.54 Å². The number of carbonyl (C=O) groups excluding carboxylic acids is 1. The van der Waals surface area contributed by atoms with Gasteiger partial charge in [-0.1, -0.05) is 0 Å². The Balaban J connectivity index is 2.06. The molecule has 0 amide bonds. The predicted molar refractivity (Wildman–Crippen MR) is 64.6 cm³/mol. The smallest absolute Gasteiger partial charge is 0.193 e. The van der Waals surface area contributed by atoms with E-state index in [4.69, 9.17) is 0 Å². The Morgan fingerprint density at radius 1 is 1.50 bits per heavy atom. The van der Waals surface area contributed by atoms with E-state index < -0.39 is 0 Å². The normalized spacial score (nSPS) is 20.2. The first-order chi connectivity index (χ1) is 7.50. The van der Waals surface area contributed by atoms with Gasteiger partial charge in [0.25, 0.3) is 0 Å². The molecular formula is C13H20N2O. The maximum Gasteiger partial charge on any atom is 0.193 e. The summed E-state index contributed by atoms with van der Waals surface area (Å²) < 4.78 is 1.89. The number of hydrogen-bond donors (Lipinski definition) is 0. The summed E-state index contributed by atoms with van der Waals surface area (Å²) in [7, 11) is 1.92. The minimum Gasteiger partial charge on any atom is -0.348 e. The van der Waals surface area contributed by atoms with Crippen LogP contribution in [0.1, 0.15) is 37.2 Å². The van der Waals surface area contributed by atoms with Crippen LogP contribution in [0.15, 0.2) is 18.3 Å². The molecule has 0 N–H and O–H groups in total. The Kier molecular flexibility index (Phi) is 2.89. The summed E-state index contributed by atoms with van der Waals surface area (Å²) in [6, 6.07) is 3.81. The van der Waals surface area contributed by atoms with Crippen LogP contribution in [-0.4, -0.2) is 33.9 Å². The number of hydrogen-bond acceptors (Lipinski definition) is 2. The van der Waals surface area contributed by atoms with Crippen LogP contribution in [0.5, 0.6) is 0 Å². The fourth-order valence-corrected chi connectivity index (χ4v) is 2.46. The highest BCUT2D eigenvalue weighted by Gasteiger charge is 2.33. The van der Waals surface area contributed by atoms with Crippen molar-refractivity contribution in [1.29, 1.82) is 0 Å². The number of rotatable bonds is 3. The van der Waals surface area contributed by atoms with Gasteiger partial charge in [-0.15, -0.1) is 0 Å². The van der Waals surface area contributed by atoms with Crippen LogP contribution in [-0.2, 0) is 7.05 Å². The highest BCUT2D eigenvalue weighted by molar-refractivity contribution is 5.96. The maximum atomic E-state index is 12.1. The third-order valence-electron chi connectivity index (χ3n) is 3.64. The molecule has 3 nitrogen and oxygen atoms in total.